The van der Waals surface area contributed by atoms with E-state index in [2.05, 4.69) is 12.2 Å². The molecular weight excluding hydrogens is 242 g/mol. The van der Waals surface area contributed by atoms with Crippen molar-refractivity contribution in [2.24, 2.45) is 5.92 Å². The Morgan fingerprint density at radius 2 is 2.00 bits per heavy atom. The van der Waals surface area contributed by atoms with E-state index < -0.39 is 5.97 Å². The molecule has 0 aromatic carbocycles. The van der Waals surface area contributed by atoms with Gasteiger partial charge in [0.1, 0.15) is 5.76 Å². The van der Waals surface area contributed by atoms with Gasteiger partial charge in [-0.05, 0) is 44.7 Å². The van der Waals surface area contributed by atoms with Crippen LogP contribution in [0.5, 0.6) is 0 Å². The fraction of sp³-hybridized carbons (Fsp3) is 0.667. The molecule has 4 heteroatoms. The number of rotatable bonds is 5. The zero-order valence-corrected chi connectivity index (χ0v) is 11.7. The second kappa shape index (κ2) is 6.24. The fourth-order valence-corrected chi connectivity index (χ4v) is 2.95. The Morgan fingerprint density at radius 3 is 2.58 bits per heavy atom. The van der Waals surface area contributed by atoms with Crippen LogP contribution >= 0.6 is 0 Å². The second-order valence-corrected chi connectivity index (χ2v) is 5.58. The lowest BCUT2D eigenvalue weighted by atomic mass is 9.84. The van der Waals surface area contributed by atoms with Crippen LogP contribution in [0, 0.1) is 5.92 Å². The molecule has 0 bridgehead atoms. The largest absolute Gasteiger partial charge is 0.475 e. The molecule has 1 aliphatic rings. The van der Waals surface area contributed by atoms with E-state index in [0.29, 0.717) is 11.8 Å². The Bertz CT molecular complexity index is 421. The van der Waals surface area contributed by atoms with E-state index in [1.54, 1.807) is 6.07 Å². The van der Waals surface area contributed by atoms with Gasteiger partial charge in [0.25, 0.3) is 0 Å². The average Bonchev–Trinajstić information content (AvgIpc) is 2.89. The molecule has 2 atom stereocenters. The number of hydrogen-bond acceptors (Lipinski definition) is 3. The van der Waals surface area contributed by atoms with E-state index in [9.17, 15) is 4.79 Å². The SMILES string of the molecule is CC(N[C@@H](C)C1CCCCC1)c1ccc(C(=O)O)o1. The maximum absolute atomic E-state index is 10.8. The minimum absolute atomic E-state index is 0.00831. The first-order valence-electron chi connectivity index (χ1n) is 7.17. The van der Waals surface area contributed by atoms with Gasteiger partial charge in [0.05, 0.1) is 6.04 Å². The average molecular weight is 265 g/mol. The van der Waals surface area contributed by atoms with Crippen LogP contribution in [0.15, 0.2) is 16.5 Å². The summed E-state index contributed by atoms with van der Waals surface area (Å²) in [7, 11) is 0. The first-order valence-corrected chi connectivity index (χ1v) is 7.17. The molecule has 1 saturated carbocycles. The Kier molecular flexibility index (Phi) is 4.64. The quantitative estimate of drug-likeness (QED) is 0.854. The van der Waals surface area contributed by atoms with Crippen molar-refractivity contribution in [1.29, 1.82) is 0 Å². The van der Waals surface area contributed by atoms with Gasteiger partial charge < -0.3 is 14.8 Å². The van der Waals surface area contributed by atoms with E-state index in [4.69, 9.17) is 9.52 Å². The van der Waals surface area contributed by atoms with Crippen molar-refractivity contribution in [1.82, 2.24) is 5.32 Å². The highest BCUT2D eigenvalue weighted by Crippen LogP contribution is 2.28. The smallest absolute Gasteiger partial charge is 0.371 e. The van der Waals surface area contributed by atoms with E-state index in [0.717, 1.165) is 5.92 Å². The maximum atomic E-state index is 10.8. The summed E-state index contributed by atoms with van der Waals surface area (Å²) in [6.45, 7) is 4.23. The predicted molar refractivity (Wildman–Crippen MR) is 73.3 cm³/mol. The molecule has 4 nitrogen and oxygen atoms in total. The summed E-state index contributed by atoms with van der Waals surface area (Å²) in [6, 6.07) is 3.74. The number of carboxylic acids is 1. The Morgan fingerprint density at radius 1 is 1.32 bits per heavy atom. The van der Waals surface area contributed by atoms with Crippen molar-refractivity contribution < 1.29 is 14.3 Å². The third-order valence-corrected chi connectivity index (χ3v) is 4.13. The number of aromatic carboxylic acids is 1. The third kappa shape index (κ3) is 3.60. The normalized spacial score (nSPS) is 20.1. The van der Waals surface area contributed by atoms with Crippen LogP contribution in [0.4, 0.5) is 0 Å². The van der Waals surface area contributed by atoms with Gasteiger partial charge >= 0.3 is 5.97 Å². The summed E-state index contributed by atoms with van der Waals surface area (Å²) in [6.07, 6.45) is 6.60. The Labute approximate surface area is 114 Å². The van der Waals surface area contributed by atoms with Gasteiger partial charge in [0.2, 0.25) is 5.76 Å². The molecule has 2 N–H and O–H groups in total. The lowest BCUT2D eigenvalue weighted by Crippen LogP contribution is -2.36. The van der Waals surface area contributed by atoms with Crippen molar-refractivity contribution in [3.05, 3.63) is 23.7 Å². The van der Waals surface area contributed by atoms with Crippen LogP contribution in [-0.4, -0.2) is 17.1 Å². The van der Waals surface area contributed by atoms with Gasteiger partial charge in [-0.3, -0.25) is 0 Å². The summed E-state index contributed by atoms with van der Waals surface area (Å²) in [5.74, 6) is 0.415. The Balaban J connectivity index is 1.91. The van der Waals surface area contributed by atoms with Gasteiger partial charge in [-0.1, -0.05) is 19.3 Å². The van der Waals surface area contributed by atoms with Crippen LogP contribution in [0.2, 0.25) is 0 Å². The van der Waals surface area contributed by atoms with E-state index in [1.165, 1.54) is 38.2 Å². The maximum Gasteiger partial charge on any atom is 0.371 e. The zero-order chi connectivity index (χ0) is 13.8. The van der Waals surface area contributed by atoms with Crippen LogP contribution in [0.1, 0.15) is 68.3 Å². The van der Waals surface area contributed by atoms with Gasteiger partial charge in [-0.25, -0.2) is 4.79 Å². The van der Waals surface area contributed by atoms with Gasteiger partial charge in [0.15, 0.2) is 0 Å². The molecule has 0 amide bonds. The number of nitrogens with one attached hydrogen (secondary N) is 1. The first-order chi connectivity index (χ1) is 9.08. The molecule has 19 heavy (non-hydrogen) atoms. The number of furan rings is 1. The number of hydrogen-bond donors (Lipinski definition) is 2. The van der Waals surface area contributed by atoms with Crippen LogP contribution in [-0.2, 0) is 0 Å². The van der Waals surface area contributed by atoms with Crippen LogP contribution in [0.25, 0.3) is 0 Å². The summed E-state index contributed by atoms with van der Waals surface area (Å²) < 4.78 is 5.33. The lowest BCUT2D eigenvalue weighted by Gasteiger charge is -2.30. The molecule has 0 saturated heterocycles. The topological polar surface area (TPSA) is 62.5 Å². The minimum atomic E-state index is -1.02. The molecule has 2 rings (SSSR count). The molecule has 0 aliphatic heterocycles. The van der Waals surface area contributed by atoms with Crippen LogP contribution in [0.3, 0.4) is 0 Å². The van der Waals surface area contributed by atoms with Crippen molar-refractivity contribution >= 4 is 5.97 Å². The predicted octanol–water partition coefficient (Wildman–Crippen LogP) is 3.60. The van der Waals surface area contributed by atoms with Gasteiger partial charge in [-0.2, -0.15) is 0 Å². The summed E-state index contributed by atoms with van der Waals surface area (Å²) in [4.78, 5) is 10.8. The molecule has 1 aromatic heterocycles. The Hall–Kier alpha value is -1.29. The third-order valence-electron chi connectivity index (χ3n) is 4.13. The molecule has 1 unspecified atom stereocenters. The second-order valence-electron chi connectivity index (χ2n) is 5.58. The molecule has 106 valence electrons. The minimum Gasteiger partial charge on any atom is -0.475 e. The standard InChI is InChI=1S/C15H23NO3/c1-10(12-6-4-3-5-7-12)16-11(2)13-8-9-14(19-13)15(17)18/h8-12,16H,3-7H2,1-2H3,(H,17,18)/t10-,11?/m0/s1. The molecule has 1 fully saturated rings. The number of carbonyl (C=O) groups is 1. The molecule has 0 radical (unpaired) electrons. The molecule has 1 aliphatic carbocycles. The van der Waals surface area contributed by atoms with E-state index >= 15 is 0 Å². The van der Waals surface area contributed by atoms with E-state index in [-0.39, 0.29) is 11.8 Å². The fourth-order valence-electron chi connectivity index (χ4n) is 2.95. The summed E-state index contributed by atoms with van der Waals surface area (Å²) in [5.41, 5.74) is 0. The number of carboxylic acid groups (broad SMARTS) is 1. The van der Waals surface area contributed by atoms with Crippen LogP contribution < -0.4 is 5.32 Å². The van der Waals surface area contributed by atoms with Crippen molar-refractivity contribution in [2.75, 3.05) is 0 Å². The highest BCUT2D eigenvalue weighted by molar-refractivity contribution is 5.84. The molecule has 1 heterocycles. The summed E-state index contributed by atoms with van der Waals surface area (Å²) >= 11 is 0. The molecule has 0 spiro atoms. The van der Waals surface area contributed by atoms with Crippen molar-refractivity contribution in [3.63, 3.8) is 0 Å². The van der Waals surface area contributed by atoms with E-state index in [1.807, 2.05) is 6.92 Å². The highest BCUT2D eigenvalue weighted by atomic mass is 16.4. The molecule has 1 aromatic rings. The highest BCUT2D eigenvalue weighted by Gasteiger charge is 2.22. The monoisotopic (exact) mass is 265 g/mol. The zero-order valence-electron chi connectivity index (χ0n) is 11.7. The van der Waals surface area contributed by atoms with Gasteiger partial charge in [0, 0.05) is 6.04 Å². The van der Waals surface area contributed by atoms with Gasteiger partial charge in [-0.15, -0.1) is 0 Å². The first kappa shape index (κ1) is 14.1. The van der Waals surface area contributed by atoms with Crippen molar-refractivity contribution in [2.45, 2.75) is 58.0 Å². The summed E-state index contributed by atoms with van der Waals surface area (Å²) in [5, 5.41) is 12.4. The molecular formula is C15H23NO3. The lowest BCUT2D eigenvalue weighted by molar-refractivity contribution is 0.0659. The van der Waals surface area contributed by atoms with Crippen molar-refractivity contribution in [3.8, 4) is 0 Å².